The summed E-state index contributed by atoms with van der Waals surface area (Å²) in [4.78, 5) is 12.7. The maximum atomic E-state index is 13.5. The number of aryl methyl sites for hydroxylation is 1. The van der Waals surface area contributed by atoms with Gasteiger partial charge in [0, 0.05) is 13.1 Å². The van der Waals surface area contributed by atoms with E-state index >= 15 is 0 Å². The second-order valence-electron chi connectivity index (χ2n) is 7.32. The van der Waals surface area contributed by atoms with E-state index in [-0.39, 0.29) is 36.1 Å². The number of ether oxygens (including phenoxy) is 1. The Bertz CT molecular complexity index is 1170. The Morgan fingerprint density at radius 2 is 1.69 bits per heavy atom. The molecular formula is C24H25FN2O4S. The van der Waals surface area contributed by atoms with Crippen LogP contribution in [0.4, 0.5) is 4.39 Å². The van der Waals surface area contributed by atoms with Crippen LogP contribution in [0, 0.1) is 12.7 Å². The lowest BCUT2D eigenvalue weighted by Gasteiger charge is -2.23. The van der Waals surface area contributed by atoms with Crippen molar-refractivity contribution in [3.8, 4) is 5.75 Å². The first-order chi connectivity index (χ1) is 15.3. The number of hydrogen-bond acceptors (Lipinski definition) is 4. The molecule has 1 N–H and O–H groups in total. The molecule has 0 radical (unpaired) electrons. The van der Waals surface area contributed by atoms with Gasteiger partial charge in [0.15, 0.2) is 0 Å². The van der Waals surface area contributed by atoms with Crippen molar-refractivity contribution in [2.45, 2.75) is 24.9 Å². The van der Waals surface area contributed by atoms with E-state index in [1.54, 1.807) is 43.3 Å². The first-order valence-electron chi connectivity index (χ1n) is 9.99. The third kappa shape index (κ3) is 5.93. The molecule has 0 aliphatic rings. The van der Waals surface area contributed by atoms with Crippen molar-refractivity contribution >= 4 is 15.9 Å². The number of hydrogen-bond donors (Lipinski definition) is 1. The normalized spacial score (nSPS) is 11.4. The summed E-state index contributed by atoms with van der Waals surface area (Å²) in [6.07, 6.45) is 0. The smallest absolute Gasteiger partial charge is 0.247 e. The van der Waals surface area contributed by atoms with Crippen LogP contribution in [0.15, 0.2) is 77.7 Å². The summed E-state index contributed by atoms with van der Waals surface area (Å²) in [7, 11) is -2.65. The molecule has 0 spiro atoms. The van der Waals surface area contributed by atoms with Crippen LogP contribution in [-0.4, -0.2) is 32.3 Å². The average molecular weight is 457 g/mol. The molecule has 0 atom stereocenters. The molecule has 0 aromatic heterocycles. The quantitative estimate of drug-likeness (QED) is 0.533. The minimum absolute atomic E-state index is 0.00210. The molecule has 32 heavy (non-hydrogen) atoms. The largest absolute Gasteiger partial charge is 0.495 e. The van der Waals surface area contributed by atoms with Crippen LogP contribution >= 0.6 is 0 Å². The van der Waals surface area contributed by atoms with Crippen molar-refractivity contribution in [1.29, 1.82) is 0 Å². The maximum absolute atomic E-state index is 13.5. The Morgan fingerprint density at radius 3 is 2.34 bits per heavy atom. The number of carbonyl (C=O) groups is 1. The van der Waals surface area contributed by atoms with Gasteiger partial charge in [0.25, 0.3) is 0 Å². The van der Waals surface area contributed by atoms with Gasteiger partial charge in [0.05, 0.1) is 13.7 Å². The molecule has 0 aliphatic carbocycles. The predicted octanol–water partition coefficient (Wildman–Crippen LogP) is 3.65. The van der Waals surface area contributed by atoms with Gasteiger partial charge in [-0.15, -0.1) is 0 Å². The Morgan fingerprint density at radius 1 is 1.00 bits per heavy atom. The average Bonchev–Trinajstić information content (AvgIpc) is 2.79. The van der Waals surface area contributed by atoms with Crippen LogP contribution in [0.5, 0.6) is 5.75 Å². The Kier molecular flexibility index (Phi) is 7.61. The molecule has 0 aliphatic heterocycles. The summed E-state index contributed by atoms with van der Waals surface area (Å²) in [6.45, 7) is 1.58. The lowest BCUT2D eigenvalue weighted by atomic mass is 10.2. The van der Waals surface area contributed by atoms with Gasteiger partial charge in [-0.2, -0.15) is 4.31 Å². The van der Waals surface area contributed by atoms with Crippen LogP contribution in [-0.2, 0) is 27.9 Å². The van der Waals surface area contributed by atoms with Crippen molar-refractivity contribution in [2.75, 3.05) is 13.7 Å². The Labute approximate surface area is 187 Å². The zero-order valence-corrected chi connectivity index (χ0v) is 18.7. The van der Waals surface area contributed by atoms with Crippen molar-refractivity contribution in [3.63, 3.8) is 0 Å². The minimum atomic E-state index is -4.05. The molecular weight excluding hydrogens is 431 g/mol. The standard InChI is InChI=1S/C24H25FN2O4S/c1-18-8-13-22(31-2)23(14-18)32(29,30)27(16-20-6-4-3-5-7-20)17-24(28)26-15-19-9-11-21(25)12-10-19/h3-14H,15-17H2,1-2H3,(H,26,28). The number of rotatable bonds is 9. The maximum Gasteiger partial charge on any atom is 0.247 e. The first-order valence-corrected chi connectivity index (χ1v) is 11.4. The van der Waals surface area contributed by atoms with E-state index < -0.39 is 15.9 Å². The van der Waals surface area contributed by atoms with Gasteiger partial charge in [0.1, 0.15) is 16.5 Å². The van der Waals surface area contributed by atoms with Gasteiger partial charge in [0.2, 0.25) is 15.9 Å². The zero-order chi connectivity index (χ0) is 23.1. The Hall–Kier alpha value is -3.23. The van der Waals surface area contributed by atoms with E-state index in [0.717, 1.165) is 15.4 Å². The fourth-order valence-corrected chi connectivity index (χ4v) is 4.78. The third-order valence-corrected chi connectivity index (χ3v) is 6.67. The summed E-state index contributed by atoms with van der Waals surface area (Å²) in [5.41, 5.74) is 2.20. The van der Waals surface area contributed by atoms with Crippen LogP contribution in [0.3, 0.4) is 0 Å². The van der Waals surface area contributed by atoms with Crippen molar-refractivity contribution in [1.82, 2.24) is 9.62 Å². The molecule has 1 amide bonds. The topological polar surface area (TPSA) is 75.7 Å². The highest BCUT2D eigenvalue weighted by Crippen LogP contribution is 2.28. The molecule has 0 fully saturated rings. The number of nitrogens with zero attached hydrogens (tertiary/aromatic N) is 1. The SMILES string of the molecule is COc1ccc(C)cc1S(=O)(=O)N(CC(=O)NCc1ccc(F)cc1)Cc1ccccc1. The number of benzene rings is 3. The fourth-order valence-electron chi connectivity index (χ4n) is 3.16. The van der Waals surface area contributed by atoms with Gasteiger partial charge < -0.3 is 10.1 Å². The summed E-state index contributed by atoms with van der Waals surface area (Å²) >= 11 is 0. The molecule has 0 bridgehead atoms. The van der Waals surface area contributed by atoms with Crippen LogP contribution in [0.1, 0.15) is 16.7 Å². The molecule has 3 aromatic carbocycles. The molecule has 0 unspecified atom stereocenters. The van der Waals surface area contributed by atoms with Gasteiger partial charge in [-0.25, -0.2) is 12.8 Å². The lowest BCUT2D eigenvalue weighted by molar-refractivity contribution is -0.121. The molecule has 0 saturated heterocycles. The molecule has 6 nitrogen and oxygen atoms in total. The summed E-state index contributed by atoms with van der Waals surface area (Å²) in [5.74, 6) is -0.631. The second-order valence-corrected chi connectivity index (χ2v) is 9.22. The third-order valence-electron chi connectivity index (χ3n) is 4.86. The number of halogens is 1. The number of nitrogens with one attached hydrogen (secondary N) is 1. The molecule has 0 saturated carbocycles. The summed E-state index contributed by atoms with van der Waals surface area (Å²) in [6, 6.07) is 19.7. The lowest BCUT2D eigenvalue weighted by Crippen LogP contribution is -2.40. The molecule has 3 rings (SSSR count). The summed E-state index contributed by atoms with van der Waals surface area (Å²) < 4.78 is 46.6. The fraction of sp³-hybridized carbons (Fsp3) is 0.208. The Balaban J connectivity index is 1.85. The van der Waals surface area contributed by atoms with Gasteiger partial charge in [-0.1, -0.05) is 48.5 Å². The highest BCUT2D eigenvalue weighted by Gasteiger charge is 2.30. The van der Waals surface area contributed by atoms with Crippen molar-refractivity contribution in [3.05, 3.63) is 95.3 Å². The summed E-state index contributed by atoms with van der Waals surface area (Å²) in [5, 5.41) is 2.70. The molecule has 168 valence electrons. The molecule has 3 aromatic rings. The zero-order valence-electron chi connectivity index (χ0n) is 17.9. The van der Waals surface area contributed by atoms with Gasteiger partial charge in [-0.3, -0.25) is 4.79 Å². The van der Waals surface area contributed by atoms with E-state index in [1.807, 2.05) is 18.2 Å². The van der Waals surface area contributed by atoms with Crippen LogP contribution in [0.25, 0.3) is 0 Å². The second kappa shape index (κ2) is 10.4. The van der Waals surface area contributed by atoms with Gasteiger partial charge >= 0.3 is 0 Å². The number of carbonyl (C=O) groups excluding carboxylic acids is 1. The van der Waals surface area contributed by atoms with Crippen LogP contribution in [0.2, 0.25) is 0 Å². The van der Waals surface area contributed by atoms with Crippen LogP contribution < -0.4 is 10.1 Å². The van der Waals surface area contributed by atoms with E-state index in [9.17, 15) is 17.6 Å². The molecule has 0 heterocycles. The highest BCUT2D eigenvalue weighted by atomic mass is 32.2. The number of amides is 1. The van der Waals surface area contributed by atoms with E-state index in [1.165, 1.54) is 25.3 Å². The van der Waals surface area contributed by atoms with E-state index in [2.05, 4.69) is 5.32 Å². The first kappa shape index (κ1) is 23.4. The highest BCUT2D eigenvalue weighted by molar-refractivity contribution is 7.89. The monoisotopic (exact) mass is 456 g/mol. The minimum Gasteiger partial charge on any atom is -0.495 e. The van der Waals surface area contributed by atoms with Gasteiger partial charge in [-0.05, 0) is 47.9 Å². The number of methoxy groups -OCH3 is 1. The van der Waals surface area contributed by atoms with Crippen molar-refractivity contribution in [2.24, 2.45) is 0 Å². The molecule has 8 heteroatoms. The van der Waals surface area contributed by atoms with E-state index in [0.29, 0.717) is 5.56 Å². The van der Waals surface area contributed by atoms with Crippen molar-refractivity contribution < 1.29 is 22.3 Å². The number of sulfonamides is 1. The van der Waals surface area contributed by atoms with E-state index in [4.69, 9.17) is 4.74 Å². The predicted molar refractivity (Wildman–Crippen MR) is 120 cm³/mol.